The number of benzene rings is 4. The highest BCUT2D eigenvalue weighted by atomic mass is 127. The van der Waals surface area contributed by atoms with Crippen LogP contribution in [0.3, 0.4) is 0 Å². The molecule has 7 rings (SSSR count). The number of halogens is 1. The summed E-state index contributed by atoms with van der Waals surface area (Å²) in [4.78, 5) is 4.89. The second kappa shape index (κ2) is 5.36. The number of hydrogen-bond donors (Lipinski definition) is 0. The summed E-state index contributed by atoms with van der Waals surface area (Å²) in [7, 11) is 0. The topological polar surface area (TPSA) is 17.3 Å². The van der Waals surface area contributed by atoms with Crippen molar-refractivity contribution in [3.8, 4) is 0 Å². The predicted octanol–water partition coefficient (Wildman–Crippen LogP) is 7.45. The average Bonchev–Trinajstić information content (AvgIpc) is 3.09. The van der Waals surface area contributed by atoms with Crippen molar-refractivity contribution in [3.05, 3.63) is 82.1 Å². The Kier molecular flexibility index (Phi) is 2.95. The molecule has 0 radical (unpaired) electrons. The first-order valence-electron chi connectivity index (χ1n) is 9.77. The molecule has 4 aromatic carbocycles. The molecule has 0 saturated heterocycles. The Hall–Kier alpha value is -2.92. The summed E-state index contributed by atoms with van der Waals surface area (Å²) in [5, 5.41) is 8.95. The van der Waals surface area contributed by atoms with Gasteiger partial charge in [-0.3, -0.25) is 4.98 Å². The molecular formula is C26H15IN2. The van der Waals surface area contributed by atoms with Crippen LogP contribution in [0.25, 0.3) is 59.8 Å². The Morgan fingerprint density at radius 1 is 0.759 bits per heavy atom. The highest BCUT2D eigenvalue weighted by Gasteiger charge is 2.21. The van der Waals surface area contributed by atoms with Crippen molar-refractivity contribution >= 4 is 82.4 Å². The van der Waals surface area contributed by atoms with E-state index in [0.717, 1.165) is 5.52 Å². The van der Waals surface area contributed by atoms with Crippen molar-refractivity contribution in [2.45, 2.75) is 6.92 Å². The third-order valence-electron chi connectivity index (χ3n) is 6.38. The Bertz CT molecular complexity index is 1780. The molecule has 0 aliphatic carbocycles. The lowest BCUT2D eigenvalue weighted by Gasteiger charge is -2.15. The molecule has 3 aromatic heterocycles. The summed E-state index contributed by atoms with van der Waals surface area (Å²) < 4.78 is 3.77. The van der Waals surface area contributed by atoms with E-state index in [1.807, 2.05) is 6.20 Å². The number of hydrogen-bond acceptors (Lipinski definition) is 1. The van der Waals surface area contributed by atoms with E-state index < -0.39 is 0 Å². The summed E-state index contributed by atoms with van der Waals surface area (Å²) in [6.07, 6.45) is 1.94. The van der Waals surface area contributed by atoms with E-state index in [-0.39, 0.29) is 0 Å². The van der Waals surface area contributed by atoms with Gasteiger partial charge in [-0.25, -0.2) is 0 Å². The molecule has 2 nitrogen and oxygen atoms in total. The standard InChI is InChI=1S/C26H15IN2/c1-14-17-6-3-2-5-16(17)13-19-24-22-15(11-12-28-24)9-10-18-23-20(27)7-4-8-21(23)29(25(14)19)26(18)22/h2-13H,1H3. The SMILES string of the molecule is Cc1c2ccccc2cc2c3nccc4ccc5c6c(I)cccc6n(c12)c5c43. The maximum absolute atomic E-state index is 4.89. The van der Waals surface area contributed by atoms with Gasteiger partial charge in [-0.2, -0.15) is 0 Å². The van der Waals surface area contributed by atoms with E-state index in [9.17, 15) is 0 Å². The fourth-order valence-electron chi connectivity index (χ4n) is 5.19. The molecule has 0 spiro atoms. The van der Waals surface area contributed by atoms with Crippen LogP contribution in [-0.4, -0.2) is 9.38 Å². The minimum atomic E-state index is 1.10. The predicted molar refractivity (Wildman–Crippen MR) is 131 cm³/mol. The molecular weight excluding hydrogens is 467 g/mol. The zero-order chi connectivity index (χ0) is 19.3. The van der Waals surface area contributed by atoms with Crippen molar-refractivity contribution in [1.82, 2.24) is 9.38 Å². The second-order valence-electron chi connectivity index (χ2n) is 7.81. The molecule has 0 atom stereocenters. The molecule has 0 N–H and O–H groups in total. The Balaban J connectivity index is 1.98. The molecule has 0 fully saturated rings. The van der Waals surface area contributed by atoms with Gasteiger partial charge in [0.25, 0.3) is 0 Å². The quantitative estimate of drug-likeness (QED) is 0.125. The summed E-state index contributed by atoms with van der Waals surface area (Å²) in [5.41, 5.74) is 6.24. The van der Waals surface area contributed by atoms with Crippen LogP contribution in [0, 0.1) is 10.5 Å². The number of nitrogens with zero attached hydrogens (tertiary/aromatic N) is 2. The third kappa shape index (κ3) is 1.85. The number of rotatable bonds is 0. The molecule has 0 saturated carbocycles. The molecule has 136 valence electrons. The van der Waals surface area contributed by atoms with Gasteiger partial charge in [0, 0.05) is 31.3 Å². The summed E-state index contributed by atoms with van der Waals surface area (Å²) in [6.45, 7) is 2.25. The van der Waals surface area contributed by atoms with Crippen LogP contribution >= 0.6 is 22.6 Å². The van der Waals surface area contributed by atoms with Gasteiger partial charge >= 0.3 is 0 Å². The van der Waals surface area contributed by atoms with Crippen LogP contribution in [0.1, 0.15) is 5.56 Å². The smallest absolute Gasteiger partial charge is 0.0823 e. The molecule has 0 aliphatic heterocycles. The average molecular weight is 482 g/mol. The highest BCUT2D eigenvalue weighted by molar-refractivity contribution is 14.1. The third-order valence-corrected chi connectivity index (χ3v) is 7.28. The van der Waals surface area contributed by atoms with Gasteiger partial charge in [-0.1, -0.05) is 42.5 Å². The van der Waals surface area contributed by atoms with Crippen molar-refractivity contribution < 1.29 is 0 Å². The number of aryl methyl sites for hydroxylation is 1. The van der Waals surface area contributed by atoms with E-state index >= 15 is 0 Å². The largest absolute Gasteiger partial charge is 0.308 e. The van der Waals surface area contributed by atoms with Crippen LogP contribution in [-0.2, 0) is 0 Å². The first kappa shape index (κ1) is 15.9. The van der Waals surface area contributed by atoms with Crippen LogP contribution < -0.4 is 0 Å². The number of aromatic nitrogens is 2. The van der Waals surface area contributed by atoms with Gasteiger partial charge in [0.1, 0.15) is 0 Å². The van der Waals surface area contributed by atoms with E-state index in [1.54, 1.807) is 0 Å². The Labute approximate surface area is 180 Å². The minimum absolute atomic E-state index is 1.10. The van der Waals surface area contributed by atoms with Crippen molar-refractivity contribution in [1.29, 1.82) is 0 Å². The lowest BCUT2D eigenvalue weighted by atomic mass is 9.97. The van der Waals surface area contributed by atoms with E-state index in [4.69, 9.17) is 4.98 Å². The fraction of sp³-hybridized carbons (Fsp3) is 0.0385. The monoisotopic (exact) mass is 482 g/mol. The van der Waals surface area contributed by atoms with Gasteiger partial charge < -0.3 is 4.40 Å². The fourth-order valence-corrected chi connectivity index (χ4v) is 5.97. The Morgan fingerprint density at radius 2 is 1.66 bits per heavy atom. The van der Waals surface area contributed by atoms with Crippen LogP contribution in [0.15, 0.2) is 72.9 Å². The maximum Gasteiger partial charge on any atom is 0.0823 e. The second-order valence-corrected chi connectivity index (χ2v) is 8.97. The van der Waals surface area contributed by atoms with Crippen molar-refractivity contribution in [2.24, 2.45) is 0 Å². The first-order valence-corrected chi connectivity index (χ1v) is 10.9. The lowest BCUT2D eigenvalue weighted by Crippen LogP contribution is -1.97. The zero-order valence-corrected chi connectivity index (χ0v) is 17.9. The first-order chi connectivity index (χ1) is 14.2. The van der Waals surface area contributed by atoms with Gasteiger partial charge in [-0.05, 0) is 75.5 Å². The summed E-state index contributed by atoms with van der Waals surface area (Å²) in [5.74, 6) is 0. The molecule has 0 bridgehead atoms. The number of pyridine rings is 2. The molecule has 3 heterocycles. The minimum Gasteiger partial charge on any atom is -0.308 e. The van der Waals surface area contributed by atoms with Crippen molar-refractivity contribution in [2.75, 3.05) is 0 Å². The van der Waals surface area contributed by atoms with E-state index in [0.29, 0.717) is 0 Å². The van der Waals surface area contributed by atoms with Gasteiger partial charge in [-0.15, -0.1) is 0 Å². The zero-order valence-electron chi connectivity index (χ0n) is 15.7. The van der Waals surface area contributed by atoms with Crippen LogP contribution in [0.5, 0.6) is 0 Å². The number of fused-ring (bicyclic) bond motifs is 7. The Morgan fingerprint density at radius 3 is 2.59 bits per heavy atom. The molecule has 3 heteroatoms. The lowest BCUT2D eigenvalue weighted by molar-refractivity contribution is 1.32. The molecule has 0 amide bonds. The maximum atomic E-state index is 4.89. The van der Waals surface area contributed by atoms with E-state index in [1.165, 1.54) is 63.4 Å². The summed E-state index contributed by atoms with van der Waals surface area (Å²) >= 11 is 2.47. The van der Waals surface area contributed by atoms with Gasteiger partial charge in [0.2, 0.25) is 0 Å². The van der Waals surface area contributed by atoms with Crippen molar-refractivity contribution in [3.63, 3.8) is 0 Å². The molecule has 0 unspecified atom stereocenters. The van der Waals surface area contributed by atoms with Gasteiger partial charge in [0.05, 0.1) is 22.1 Å². The van der Waals surface area contributed by atoms with Crippen LogP contribution in [0.2, 0.25) is 0 Å². The van der Waals surface area contributed by atoms with Crippen LogP contribution in [0.4, 0.5) is 0 Å². The van der Waals surface area contributed by atoms with E-state index in [2.05, 4.69) is 101 Å². The normalized spacial score (nSPS) is 12.5. The van der Waals surface area contributed by atoms with Gasteiger partial charge in [0.15, 0.2) is 0 Å². The molecule has 7 aromatic rings. The summed E-state index contributed by atoms with van der Waals surface area (Å²) in [6, 6.07) is 24.3. The molecule has 0 aliphatic rings. The highest BCUT2D eigenvalue weighted by Crippen LogP contribution is 2.43. The molecule has 29 heavy (non-hydrogen) atoms.